The molecular formula is C31H29NO. The molecule has 0 fully saturated rings. The number of carbonyl (C=O) groups excluding carboxylic acids is 1. The van der Waals surface area contributed by atoms with Gasteiger partial charge in [-0.1, -0.05) is 109 Å². The van der Waals surface area contributed by atoms with Crippen LogP contribution in [0.2, 0.25) is 0 Å². The largest absolute Gasteiger partial charge is 0.347 e. The van der Waals surface area contributed by atoms with Crippen molar-refractivity contribution in [2.24, 2.45) is 0 Å². The first-order valence-electron chi connectivity index (χ1n) is 11.3. The highest BCUT2D eigenvalue weighted by molar-refractivity contribution is 6.06. The van der Waals surface area contributed by atoms with E-state index in [0.29, 0.717) is 5.56 Å². The van der Waals surface area contributed by atoms with Crippen LogP contribution < -0.4 is 5.32 Å². The molecule has 0 saturated heterocycles. The molecular weight excluding hydrogens is 402 g/mol. The first kappa shape index (κ1) is 22.3. The maximum Gasteiger partial charge on any atom is 0.252 e. The van der Waals surface area contributed by atoms with Crippen molar-refractivity contribution in [3.63, 3.8) is 0 Å². The number of hydrogen-bond acceptors (Lipinski definition) is 1. The maximum absolute atomic E-state index is 13.6. The van der Waals surface area contributed by atoms with Crippen LogP contribution in [0.3, 0.4) is 0 Å². The van der Waals surface area contributed by atoms with E-state index in [2.05, 4.69) is 35.7 Å². The van der Waals surface area contributed by atoms with Gasteiger partial charge >= 0.3 is 0 Å². The van der Waals surface area contributed by atoms with Crippen molar-refractivity contribution >= 4 is 17.6 Å². The molecule has 0 radical (unpaired) electrons. The Balaban J connectivity index is 1.95. The molecule has 0 aliphatic heterocycles. The number of benzene rings is 4. The van der Waals surface area contributed by atoms with E-state index < -0.39 is 0 Å². The molecule has 0 spiro atoms. The number of nitrogens with one attached hydrogen (secondary N) is 1. The van der Waals surface area contributed by atoms with Crippen LogP contribution >= 0.6 is 0 Å². The maximum atomic E-state index is 13.6. The molecule has 2 heteroatoms. The van der Waals surface area contributed by atoms with Gasteiger partial charge < -0.3 is 5.32 Å². The highest BCUT2D eigenvalue weighted by atomic mass is 16.1. The van der Waals surface area contributed by atoms with Gasteiger partial charge in [0, 0.05) is 5.54 Å². The first-order chi connectivity index (χ1) is 15.9. The fourth-order valence-electron chi connectivity index (χ4n) is 3.93. The lowest BCUT2D eigenvalue weighted by Crippen LogP contribution is -2.41. The van der Waals surface area contributed by atoms with Gasteiger partial charge in [0.05, 0.1) is 5.56 Å². The molecule has 164 valence electrons. The monoisotopic (exact) mass is 431 g/mol. The Morgan fingerprint density at radius 3 is 1.70 bits per heavy atom. The van der Waals surface area contributed by atoms with Gasteiger partial charge in [0.1, 0.15) is 0 Å². The quantitative estimate of drug-likeness (QED) is 0.326. The fraction of sp³-hybridized carbons (Fsp3) is 0.129. The zero-order valence-electron chi connectivity index (χ0n) is 19.4. The van der Waals surface area contributed by atoms with Crippen molar-refractivity contribution in [1.82, 2.24) is 5.32 Å². The lowest BCUT2D eigenvalue weighted by atomic mass is 9.90. The molecule has 0 unspecified atom stereocenters. The van der Waals surface area contributed by atoms with Gasteiger partial charge in [-0.25, -0.2) is 0 Å². The summed E-state index contributed by atoms with van der Waals surface area (Å²) in [6.07, 6.45) is 2.13. The zero-order chi connectivity index (χ0) is 23.3. The summed E-state index contributed by atoms with van der Waals surface area (Å²) in [5, 5.41) is 3.17. The molecule has 0 heterocycles. The number of carbonyl (C=O) groups is 1. The normalized spacial score (nSPS) is 11.0. The lowest BCUT2D eigenvalue weighted by Gasteiger charge is -2.23. The van der Waals surface area contributed by atoms with Gasteiger partial charge in [-0.15, -0.1) is 0 Å². The second-order valence-electron chi connectivity index (χ2n) is 9.13. The zero-order valence-corrected chi connectivity index (χ0v) is 19.4. The van der Waals surface area contributed by atoms with Gasteiger partial charge in [-0.3, -0.25) is 4.79 Å². The first-order valence-corrected chi connectivity index (χ1v) is 11.3. The van der Waals surface area contributed by atoms with E-state index in [1.165, 1.54) is 0 Å². The molecule has 0 atom stereocenters. The third-order valence-corrected chi connectivity index (χ3v) is 5.37. The molecule has 1 amide bonds. The molecule has 4 aromatic rings. The summed E-state index contributed by atoms with van der Waals surface area (Å²) < 4.78 is 0. The minimum absolute atomic E-state index is 0.0753. The predicted molar refractivity (Wildman–Crippen MR) is 139 cm³/mol. The van der Waals surface area contributed by atoms with Crippen LogP contribution in [0, 0.1) is 0 Å². The summed E-state index contributed by atoms with van der Waals surface area (Å²) >= 11 is 0. The number of hydrogen-bond donors (Lipinski definition) is 1. The van der Waals surface area contributed by atoms with E-state index in [1.807, 2.05) is 106 Å². The average molecular weight is 432 g/mol. The van der Waals surface area contributed by atoms with Crippen molar-refractivity contribution in [3.05, 3.63) is 131 Å². The van der Waals surface area contributed by atoms with Crippen molar-refractivity contribution in [2.75, 3.05) is 0 Å². The predicted octanol–water partition coefficient (Wildman–Crippen LogP) is 7.47. The van der Waals surface area contributed by atoms with Crippen LogP contribution in [0.15, 0.2) is 109 Å². The van der Waals surface area contributed by atoms with E-state index >= 15 is 0 Å². The Morgan fingerprint density at radius 1 is 0.667 bits per heavy atom. The van der Waals surface area contributed by atoms with Crippen molar-refractivity contribution in [2.45, 2.75) is 26.3 Å². The van der Waals surface area contributed by atoms with E-state index in [9.17, 15) is 4.79 Å². The van der Waals surface area contributed by atoms with E-state index in [-0.39, 0.29) is 11.4 Å². The topological polar surface area (TPSA) is 29.1 Å². The molecule has 0 aromatic heterocycles. The van der Waals surface area contributed by atoms with Gasteiger partial charge in [-0.2, -0.15) is 0 Å². The lowest BCUT2D eigenvalue weighted by molar-refractivity contribution is 0.0920. The van der Waals surface area contributed by atoms with Crippen molar-refractivity contribution in [3.8, 4) is 11.1 Å². The van der Waals surface area contributed by atoms with Crippen LogP contribution in [0.4, 0.5) is 0 Å². The molecule has 0 aliphatic rings. The number of rotatable bonds is 5. The summed E-state index contributed by atoms with van der Waals surface area (Å²) in [5.74, 6) is -0.0753. The Labute approximate surface area is 196 Å². The van der Waals surface area contributed by atoms with Crippen LogP contribution in [-0.4, -0.2) is 11.4 Å². The fourth-order valence-corrected chi connectivity index (χ4v) is 3.93. The van der Waals surface area contributed by atoms with Crippen LogP contribution in [-0.2, 0) is 0 Å². The molecule has 0 saturated carbocycles. The van der Waals surface area contributed by atoms with E-state index in [4.69, 9.17) is 0 Å². The molecule has 33 heavy (non-hydrogen) atoms. The van der Waals surface area contributed by atoms with Gasteiger partial charge in [0.15, 0.2) is 0 Å². The Hall–Kier alpha value is -3.91. The minimum Gasteiger partial charge on any atom is -0.347 e. The molecule has 1 N–H and O–H groups in total. The Bertz CT molecular complexity index is 1210. The van der Waals surface area contributed by atoms with Crippen molar-refractivity contribution < 1.29 is 4.79 Å². The Kier molecular flexibility index (Phi) is 6.55. The second-order valence-corrected chi connectivity index (χ2v) is 9.13. The standard InChI is InChI=1S/C31H29NO/c1-31(2,3)32-30(33)29-26(20-13-21-27(29)23-14-7-4-8-15-23)22-28(24-16-9-5-10-17-24)25-18-11-6-12-19-25/h4-22H,1-3H3,(H,32,33). The Morgan fingerprint density at radius 2 is 1.18 bits per heavy atom. The van der Waals surface area contributed by atoms with Crippen LogP contribution in [0.25, 0.3) is 22.8 Å². The summed E-state index contributed by atoms with van der Waals surface area (Å²) in [6, 6.07) is 36.8. The van der Waals surface area contributed by atoms with Gasteiger partial charge in [0.2, 0.25) is 0 Å². The summed E-state index contributed by atoms with van der Waals surface area (Å²) in [6.45, 7) is 6.01. The third kappa shape index (κ3) is 5.48. The second kappa shape index (κ2) is 9.70. The molecule has 4 rings (SSSR count). The smallest absolute Gasteiger partial charge is 0.252 e. The SMILES string of the molecule is CC(C)(C)NC(=O)c1c(C=C(c2ccccc2)c2ccccc2)cccc1-c1ccccc1. The molecule has 0 bridgehead atoms. The highest BCUT2D eigenvalue weighted by Gasteiger charge is 2.21. The van der Waals surface area contributed by atoms with Crippen LogP contribution in [0.1, 0.15) is 47.8 Å². The highest BCUT2D eigenvalue weighted by Crippen LogP contribution is 2.32. The molecule has 4 aromatic carbocycles. The molecule has 0 aliphatic carbocycles. The average Bonchev–Trinajstić information content (AvgIpc) is 2.83. The van der Waals surface area contributed by atoms with Gasteiger partial charge in [0.25, 0.3) is 5.91 Å². The van der Waals surface area contributed by atoms with Crippen molar-refractivity contribution in [1.29, 1.82) is 0 Å². The summed E-state index contributed by atoms with van der Waals surface area (Å²) in [4.78, 5) is 13.6. The van der Waals surface area contributed by atoms with Gasteiger partial charge in [-0.05, 0) is 60.2 Å². The third-order valence-electron chi connectivity index (χ3n) is 5.37. The minimum atomic E-state index is -0.344. The van der Waals surface area contributed by atoms with Crippen LogP contribution in [0.5, 0.6) is 0 Å². The number of amides is 1. The van der Waals surface area contributed by atoms with E-state index in [1.54, 1.807) is 0 Å². The molecule has 2 nitrogen and oxygen atoms in total. The summed E-state index contributed by atoms with van der Waals surface area (Å²) in [7, 11) is 0. The summed E-state index contributed by atoms with van der Waals surface area (Å²) in [5.41, 5.74) is 6.46. The van der Waals surface area contributed by atoms with E-state index in [0.717, 1.165) is 33.4 Å².